The molecule has 3 aromatic rings. The van der Waals surface area contributed by atoms with Crippen LogP contribution in [0, 0.1) is 0 Å². The van der Waals surface area contributed by atoms with Crippen LogP contribution < -0.4 is 10.4 Å². The molecule has 0 aliphatic heterocycles. The molecule has 0 saturated heterocycles. The maximum Gasteiger partial charge on any atom is 0.347 e. The van der Waals surface area contributed by atoms with Gasteiger partial charge in [-0.2, -0.15) is 0 Å². The van der Waals surface area contributed by atoms with Crippen molar-refractivity contribution in [3.63, 3.8) is 0 Å². The molecule has 0 aliphatic rings. The first-order valence-corrected chi connectivity index (χ1v) is 8.04. The number of rotatable bonds is 5. The maximum absolute atomic E-state index is 12.4. The third kappa shape index (κ3) is 3.53. The third-order valence-electron chi connectivity index (χ3n) is 4.02. The van der Waals surface area contributed by atoms with Crippen LogP contribution in [0.4, 0.5) is 0 Å². The second-order valence-electron chi connectivity index (χ2n) is 5.62. The number of fused-ring (bicyclic) bond motifs is 1. The Morgan fingerprint density at radius 3 is 2.60 bits per heavy atom. The van der Waals surface area contributed by atoms with Gasteiger partial charge in [0.05, 0.1) is 7.11 Å². The first-order valence-electron chi connectivity index (χ1n) is 8.04. The zero-order chi connectivity index (χ0) is 17.8. The van der Waals surface area contributed by atoms with Gasteiger partial charge in [-0.05, 0) is 35.8 Å². The van der Waals surface area contributed by atoms with Crippen molar-refractivity contribution in [3.8, 4) is 5.75 Å². The minimum atomic E-state index is -0.673. The van der Waals surface area contributed by atoms with Crippen molar-refractivity contribution in [2.45, 2.75) is 13.3 Å². The van der Waals surface area contributed by atoms with Crippen molar-refractivity contribution in [3.05, 3.63) is 81.7 Å². The molecule has 1 heterocycles. The summed E-state index contributed by atoms with van der Waals surface area (Å²) in [6, 6.07) is 14.7. The van der Waals surface area contributed by atoms with Crippen LogP contribution in [0.5, 0.6) is 5.75 Å². The lowest BCUT2D eigenvalue weighted by molar-refractivity contribution is 0.104. The zero-order valence-electron chi connectivity index (χ0n) is 14.1. The molecule has 0 aliphatic carbocycles. The molecular weight excluding hydrogens is 316 g/mol. The van der Waals surface area contributed by atoms with E-state index in [4.69, 9.17) is 9.15 Å². The Bertz CT molecular complexity index is 995. The van der Waals surface area contributed by atoms with E-state index in [1.807, 2.05) is 24.3 Å². The summed E-state index contributed by atoms with van der Waals surface area (Å²) < 4.78 is 10.5. The van der Waals surface area contributed by atoms with Gasteiger partial charge in [-0.3, -0.25) is 4.79 Å². The molecule has 0 bridgehead atoms. The third-order valence-corrected chi connectivity index (χ3v) is 4.02. The predicted octanol–water partition coefficient (Wildman–Crippen LogP) is 4.26. The summed E-state index contributed by atoms with van der Waals surface area (Å²) in [6.07, 6.45) is 4.04. The molecule has 4 heteroatoms. The Kier molecular flexibility index (Phi) is 4.80. The van der Waals surface area contributed by atoms with E-state index in [-0.39, 0.29) is 5.56 Å². The number of allylic oxidation sites excluding steroid dienone is 1. The first kappa shape index (κ1) is 16.7. The number of ketones is 1. The molecule has 0 fully saturated rings. The number of hydrogen-bond acceptors (Lipinski definition) is 4. The van der Waals surface area contributed by atoms with E-state index in [1.165, 1.54) is 24.8 Å². The molecule has 25 heavy (non-hydrogen) atoms. The molecule has 0 radical (unpaired) electrons. The van der Waals surface area contributed by atoms with Crippen LogP contribution in [0.1, 0.15) is 28.4 Å². The van der Waals surface area contributed by atoms with Gasteiger partial charge in [-0.1, -0.05) is 49.4 Å². The van der Waals surface area contributed by atoms with Gasteiger partial charge in [0.25, 0.3) is 0 Å². The average Bonchev–Trinajstić information content (AvgIpc) is 2.65. The summed E-state index contributed by atoms with van der Waals surface area (Å²) in [5, 5.41) is 0.642. The summed E-state index contributed by atoms with van der Waals surface area (Å²) in [5.41, 5.74) is 1.80. The van der Waals surface area contributed by atoms with Gasteiger partial charge in [0.2, 0.25) is 0 Å². The van der Waals surface area contributed by atoms with Crippen molar-refractivity contribution in [1.29, 1.82) is 0 Å². The minimum absolute atomic E-state index is 0.00202. The van der Waals surface area contributed by atoms with E-state index in [0.29, 0.717) is 16.7 Å². The average molecular weight is 334 g/mol. The summed E-state index contributed by atoms with van der Waals surface area (Å²) in [7, 11) is 1.50. The SMILES string of the molecule is CCc1ccc(C=CC(=O)c2cc3cccc(OC)c3oc2=O)cc1. The van der Waals surface area contributed by atoms with Crippen LogP contribution in [0.25, 0.3) is 17.0 Å². The van der Waals surface area contributed by atoms with Gasteiger partial charge in [0, 0.05) is 5.39 Å². The van der Waals surface area contributed by atoms with E-state index in [9.17, 15) is 9.59 Å². The Labute approximate surface area is 145 Å². The van der Waals surface area contributed by atoms with Gasteiger partial charge in [0.1, 0.15) is 5.56 Å². The number of benzene rings is 2. The van der Waals surface area contributed by atoms with Crippen LogP contribution in [-0.4, -0.2) is 12.9 Å². The van der Waals surface area contributed by atoms with Gasteiger partial charge in [-0.25, -0.2) is 4.79 Å². The van der Waals surface area contributed by atoms with Crippen molar-refractivity contribution >= 4 is 22.8 Å². The number of hydrogen-bond donors (Lipinski definition) is 0. The lowest BCUT2D eigenvalue weighted by Gasteiger charge is -2.04. The van der Waals surface area contributed by atoms with Gasteiger partial charge < -0.3 is 9.15 Å². The minimum Gasteiger partial charge on any atom is -0.493 e. The van der Waals surface area contributed by atoms with Gasteiger partial charge in [-0.15, -0.1) is 0 Å². The fraction of sp³-hybridized carbons (Fsp3) is 0.143. The Morgan fingerprint density at radius 2 is 1.92 bits per heavy atom. The number of aryl methyl sites for hydroxylation is 1. The summed E-state index contributed by atoms with van der Waals surface area (Å²) in [6.45, 7) is 2.09. The predicted molar refractivity (Wildman–Crippen MR) is 98.2 cm³/mol. The topological polar surface area (TPSA) is 56.5 Å². The van der Waals surface area contributed by atoms with E-state index >= 15 is 0 Å². The molecule has 1 aromatic heterocycles. The summed E-state index contributed by atoms with van der Waals surface area (Å²) in [4.78, 5) is 24.5. The van der Waals surface area contributed by atoms with E-state index < -0.39 is 11.4 Å². The van der Waals surface area contributed by atoms with Crippen LogP contribution in [0.15, 0.2) is 63.8 Å². The highest BCUT2D eigenvalue weighted by Gasteiger charge is 2.13. The first-order chi connectivity index (χ1) is 12.1. The van der Waals surface area contributed by atoms with Gasteiger partial charge in [0.15, 0.2) is 17.1 Å². The number of carbonyl (C=O) groups excluding carboxylic acids is 1. The highest BCUT2D eigenvalue weighted by Crippen LogP contribution is 2.24. The van der Waals surface area contributed by atoms with E-state index in [0.717, 1.165) is 12.0 Å². The van der Waals surface area contributed by atoms with E-state index in [1.54, 1.807) is 24.3 Å². The largest absolute Gasteiger partial charge is 0.493 e. The lowest BCUT2D eigenvalue weighted by Crippen LogP contribution is -2.12. The number of carbonyl (C=O) groups is 1. The van der Waals surface area contributed by atoms with Crippen LogP contribution >= 0.6 is 0 Å². The lowest BCUT2D eigenvalue weighted by atomic mass is 10.1. The molecule has 0 saturated carbocycles. The molecule has 0 atom stereocenters. The Hall–Kier alpha value is -3.14. The van der Waals surface area contributed by atoms with E-state index in [2.05, 4.69) is 6.92 Å². The molecule has 0 unspecified atom stereocenters. The second-order valence-corrected chi connectivity index (χ2v) is 5.62. The molecular formula is C21H18O4. The van der Waals surface area contributed by atoms with Crippen LogP contribution in [-0.2, 0) is 6.42 Å². The van der Waals surface area contributed by atoms with Crippen molar-refractivity contribution in [2.75, 3.05) is 7.11 Å². The molecule has 0 N–H and O–H groups in total. The van der Waals surface area contributed by atoms with Crippen molar-refractivity contribution < 1.29 is 13.9 Å². The molecule has 4 nitrogen and oxygen atoms in total. The summed E-state index contributed by atoms with van der Waals surface area (Å²) in [5.74, 6) is 0.0678. The quantitative estimate of drug-likeness (QED) is 0.397. The molecule has 3 rings (SSSR count). The monoisotopic (exact) mass is 334 g/mol. The number of para-hydroxylation sites is 1. The van der Waals surface area contributed by atoms with Crippen LogP contribution in [0.2, 0.25) is 0 Å². The molecule has 0 amide bonds. The van der Waals surface area contributed by atoms with Gasteiger partial charge >= 0.3 is 5.63 Å². The highest BCUT2D eigenvalue weighted by molar-refractivity contribution is 6.08. The maximum atomic E-state index is 12.4. The zero-order valence-corrected chi connectivity index (χ0v) is 14.1. The highest BCUT2D eigenvalue weighted by atomic mass is 16.5. The standard InChI is InChI=1S/C21H18O4/c1-3-14-7-9-15(10-8-14)11-12-18(22)17-13-16-5-4-6-19(24-2)20(16)25-21(17)23/h4-13H,3H2,1-2H3. The van der Waals surface area contributed by atoms with Crippen molar-refractivity contribution in [1.82, 2.24) is 0 Å². The number of ether oxygens (including phenoxy) is 1. The fourth-order valence-electron chi connectivity index (χ4n) is 2.58. The molecule has 2 aromatic carbocycles. The smallest absolute Gasteiger partial charge is 0.347 e. The normalized spacial score (nSPS) is 11.1. The Balaban J connectivity index is 1.92. The molecule has 0 spiro atoms. The molecule has 126 valence electrons. The van der Waals surface area contributed by atoms with Crippen molar-refractivity contribution in [2.24, 2.45) is 0 Å². The fourth-order valence-corrected chi connectivity index (χ4v) is 2.58. The van der Waals surface area contributed by atoms with Crippen LogP contribution in [0.3, 0.4) is 0 Å². The number of methoxy groups -OCH3 is 1. The summed E-state index contributed by atoms with van der Waals surface area (Å²) >= 11 is 0. The Morgan fingerprint density at radius 1 is 1.16 bits per heavy atom. The second kappa shape index (κ2) is 7.18.